The van der Waals surface area contributed by atoms with Crippen LogP contribution < -0.4 is 10.7 Å². The number of carbonyl (C=O) groups is 1. The van der Waals surface area contributed by atoms with Crippen molar-refractivity contribution in [2.75, 3.05) is 12.4 Å². The number of methoxy groups -OCH3 is 1. The molecule has 28 heavy (non-hydrogen) atoms. The molecule has 1 aromatic heterocycles. The van der Waals surface area contributed by atoms with E-state index in [0.717, 1.165) is 5.69 Å². The van der Waals surface area contributed by atoms with Gasteiger partial charge in [0.25, 0.3) is 0 Å². The fraction of sp³-hybridized carbons (Fsp3) is 0.0526. The van der Waals surface area contributed by atoms with Crippen LogP contribution >= 0.6 is 23.8 Å². The normalized spacial score (nSPS) is 10.6. The first kappa shape index (κ1) is 19.5. The van der Waals surface area contributed by atoms with Crippen LogP contribution in [0.15, 0.2) is 65.9 Å². The maximum absolute atomic E-state index is 12.1. The van der Waals surface area contributed by atoms with Crippen LogP contribution in [-0.2, 0) is 4.74 Å². The van der Waals surface area contributed by atoms with Crippen LogP contribution in [0.4, 0.5) is 5.69 Å². The molecule has 7 nitrogen and oxygen atoms in total. The molecule has 0 saturated heterocycles. The number of anilines is 1. The molecule has 0 fully saturated rings. The van der Waals surface area contributed by atoms with E-state index in [1.54, 1.807) is 28.9 Å². The van der Waals surface area contributed by atoms with E-state index in [2.05, 4.69) is 20.9 Å². The third-order valence-electron chi connectivity index (χ3n) is 3.67. The number of nitrogens with zero attached hydrogens (tertiary/aromatic N) is 3. The molecular formula is C19H16ClN5O2S. The van der Waals surface area contributed by atoms with Gasteiger partial charge >= 0.3 is 5.97 Å². The summed E-state index contributed by atoms with van der Waals surface area (Å²) in [6.45, 7) is 0. The third-order valence-corrected chi connectivity index (χ3v) is 4.11. The first-order valence-corrected chi connectivity index (χ1v) is 8.94. The summed E-state index contributed by atoms with van der Waals surface area (Å²) in [6, 6.07) is 16.5. The minimum absolute atomic E-state index is 0.268. The van der Waals surface area contributed by atoms with Crippen LogP contribution in [0.25, 0.3) is 5.69 Å². The van der Waals surface area contributed by atoms with Crippen LogP contribution in [-0.4, -0.2) is 34.2 Å². The quantitative estimate of drug-likeness (QED) is 0.288. The number of ether oxygens (including phenoxy) is 1. The van der Waals surface area contributed by atoms with E-state index in [4.69, 9.17) is 28.6 Å². The number of thiocarbonyl (C=S) groups is 1. The number of hydrogen-bond donors (Lipinski definition) is 2. The largest absolute Gasteiger partial charge is 0.465 e. The van der Waals surface area contributed by atoms with Gasteiger partial charge in [0, 0.05) is 10.7 Å². The lowest BCUT2D eigenvalue weighted by atomic mass is 10.2. The molecule has 0 aliphatic carbocycles. The molecule has 142 valence electrons. The number of rotatable bonds is 5. The Hall–Kier alpha value is -3.23. The molecule has 2 N–H and O–H groups in total. The third kappa shape index (κ3) is 4.73. The molecule has 0 saturated carbocycles. The number of benzene rings is 2. The van der Waals surface area contributed by atoms with E-state index in [-0.39, 0.29) is 5.56 Å². The van der Waals surface area contributed by atoms with Crippen molar-refractivity contribution in [3.05, 3.63) is 77.1 Å². The second kappa shape index (κ2) is 9.12. The number of para-hydroxylation sites is 1. The number of hydrogen-bond acceptors (Lipinski definition) is 5. The van der Waals surface area contributed by atoms with Crippen LogP contribution in [0.5, 0.6) is 0 Å². The molecule has 0 spiro atoms. The Bertz CT molecular complexity index is 1000. The van der Waals surface area contributed by atoms with Gasteiger partial charge in [-0.25, -0.2) is 9.48 Å². The van der Waals surface area contributed by atoms with Gasteiger partial charge in [-0.2, -0.15) is 10.2 Å². The fourth-order valence-electron chi connectivity index (χ4n) is 2.37. The average Bonchev–Trinajstić information content (AvgIpc) is 3.12. The maximum Gasteiger partial charge on any atom is 0.341 e. The maximum atomic E-state index is 12.1. The lowest BCUT2D eigenvalue weighted by Crippen LogP contribution is -2.24. The standard InChI is InChI=1S/C19H16ClN5O2S/c1-27-18(26)16-11-22-25(15-9-7-13(20)8-10-15)17(16)12-21-24-19(28)23-14-5-3-2-4-6-14/h2-12H,1H3,(H2,23,24,28)/b21-12-. The zero-order valence-corrected chi connectivity index (χ0v) is 16.4. The summed E-state index contributed by atoms with van der Waals surface area (Å²) in [5.74, 6) is -0.522. The van der Waals surface area contributed by atoms with Crippen LogP contribution in [0.2, 0.25) is 5.02 Å². The number of hydrazone groups is 1. The van der Waals surface area contributed by atoms with Gasteiger partial charge in [-0.1, -0.05) is 29.8 Å². The van der Waals surface area contributed by atoms with E-state index < -0.39 is 5.97 Å². The van der Waals surface area contributed by atoms with Crippen molar-refractivity contribution < 1.29 is 9.53 Å². The van der Waals surface area contributed by atoms with Crippen molar-refractivity contribution in [1.82, 2.24) is 15.2 Å². The Morgan fingerprint density at radius 2 is 1.93 bits per heavy atom. The highest BCUT2D eigenvalue weighted by Gasteiger charge is 2.17. The van der Waals surface area contributed by atoms with E-state index >= 15 is 0 Å². The van der Waals surface area contributed by atoms with Crippen molar-refractivity contribution >= 4 is 46.8 Å². The molecule has 9 heteroatoms. The lowest BCUT2D eigenvalue weighted by molar-refractivity contribution is 0.0600. The molecule has 3 rings (SSSR count). The monoisotopic (exact) mass is 413 g/mol. The minimum Gasteiger partial charge on any atom is -0.465 e. The molecule has 0 amide bonds. The van der Waals surface area contributed by atoms with Crippen LogP contribution in [0.1, 0.15) is 16.1 Å². The van der Waals surface area contributed by atoms with Crippen molar-refractivity contribution in [2.45, 2.75) is 0 Å². The molecule has 0 radical (unpaired) electrons. The number of carbonyl (C=O) groups excluding carboxylic acids is 1. The van der Waals surface area contributed by atoms with Gasteiger partial charge in [0.15, 0.2) is 5.11 Å². The van der Waals surface area contributed by atoms with E-state index in [1.807, 2.05) is 30.3 Å². The highest BCUT2D eigenvalue weighted by molar-refractivity contribution is 7.80. The summed E-state index contributed by atoms with van der Waals surface area (Å²) >= 11 is 11.2. The molecule has 0 aliphatic rings. The Morgan fingerprint density at radius 1 is 1.21 bits per heavy atom. The summed E-state index contributed by atoms with van der Waals surface area (Å²) in [5, 5.41) is 12.3. The van der Waals surface area contributed by atoms with E-state index in [1.165, 1.54) is 19.5 Å². The highest BCUT2D eigenvalue weighted by atomic mass is 35.5. The molecule has 0 aliphatic heterocycles. The summed E-state index contributed by atoms with van der Waals surface area (Å²) in [7, 11) is 1.31. The summed E-state index contributed by atoms with van der Waals surface area (Å²) in [4.78, 5) is 12.1. The Balaban J connectivity index is 1.81. The van der Waals surface area contributed by atoms with Gasteiger partial charge in [0.2, 0.25) is 0 Å². The first-order chi connectivity index (χ1) is 13.6. The second-order valence-electron chi connectivity index (χ2n) is 5.51. The van der Waals surface area contributed by atoms with Gasteiger partial charge in [0.05, 0.1) is 25.2 Å². The second-order valence-corrected chi connectivity index (χ2v) is 6.36. The van der Waals surface area contributed by atoms with Gasteiger partial charge in [-0.15, -0.1) is 0 Å². The summed E-state index contributed by atoms with van der Waals surface area (Å²) < 4.78 is 6.38. The number of nitrogens with one attached hydrogen (secondary N) is 2. The zero-order chi connectivity index (χ0) is 19.9. The molecule has 3 aromatic rings. The molecular weight excluding hydrogens is 398 g/mol. The summed E-state index contributed by atoms with van der Waals surface area (Å²) in [5.41, 5.74) is 4.96. The SMILES string of the molecule is COC(=O)c1cnn(-c2ccc(Cl)cc2)c1/C=N\NC(=S)Nc1ccccc1. The summed E-state index contributed by atoms with van der Waals surface area (Å²) in [6.07, 6.45) is 2.87. The van der Waals surface area contributed by atoms with Gasteiger partial charge in [0.1, 0.15) is 11.3 Å². The molecule has 0 bridgehead atoms. The molecule has 2 aromatic carbocycles. The van der Waals surface area contributed by atoms with Crippen molar-refractivity contribution in [3.8, 4) is 5.69 Å². The molecule has 1 heterocycles. The van der Waals surface area contributed by atoms with Gasteiger partial charge in [-0.05, 0) is 48.6 Å². The topological polar surface area (TPSA) is 80.5 Å². The average molecular weight is 414 g/mol. The fourth-order valence-corrected chi connectivity index (χ4v) is 2.67. The number of esters is 1. The van der Waals surface area contributed by atoms with Crippen molar-refractivity contribution in [2.24, 2.45) is 5.10 Å². The van der Waals surface area contributed by atoms with Crippen molar-refractivity contribution in [1.29, 1.82) is 0 Å². The van der Waals surface area contributed by atoms with E-state index in [0.29, 0.717) is 21.5 Å². The Morgan fingerprint density at radius 3 is 2.61 bits per heavy atom. The number of halogens is 1. The zero-order valence-electron chi connectivity index (χ0n) is 14.8. The predicted molar refractivity (Wildman–Crippen MR) is 113 cm³/mol. The van der Waals surface area contributed by atoms with Gasteiger partial charge < -0.3 is 10.1 Å². The minimum atomic E-state index is -0.522. The lowest BCUT2D eigenvalue weighted by Gasteiger charge is -2.08. The van der Waals surface area contributed by atoms with Crippen molar-refractivity contribution in [3.63, 3.8) is 0 Å². The van der Waals surface area contributed by atoms with E-state index in [9.17, 15) is 4.79 Å². The molecule has 0 atom stereocenters. The Kier molecular flexibility index (Phi) is 6.36. The first-order valence-electron chi connectivity index (χ1n) is 8.16. The molecule has 0 unspecified atom stereocenters. The predicted octanol–water partition coefficient (Wildman–Crippen LogP) is 3.63. The van der Waals surface area contributed by atoms with Crippen LogP contribution in [0, 0.1) is 0 Å². The smallest absolute Gasteiger partial charge is 0.341 e. The van der Waals surface area contributed by atoms with Gasteiger partial charge in [-0.3, -0.25) is 5.43 Å². The number of aromatic nitrogens is 2. The van der Waals surface area contributed by atoms with Crippen LogP contribution in [0.3, 0.4) is 0 Å². The highest BCUT2D eigenvalue weighted by Crippen LogP contribution is 2.17. The Labute approximate surface area is 172 Å².